The number of hydrogen-bond donors (Lipinski definition) is 1. The van der Waals surface area contributed by atoms with E-state index in [0.29, 0.717) is 11.4 Å². The Morgan fingerprint density at radius 3 is 2.69 bits per heavy atom. The molecule has 0 atom stereocenters. The Kier molecular flexibility index (Phi) is 2.81. The summed E-state index contributed by atoms with van der Waals surface area (Å²) in [4.78, 5) is 11.4. The monoisotopic (exact) mass is 219 g/mol. The average molecular weight is 219 g/mol. The number of carbonyl (C=O) groups is 1. The molecule has 1 heterocycles. The number of nitrogens with zero attached hydrogens (tertiary/aromatic N) is 2. The molecule has 1 aromatic heterocycles. The zero-order chi connectivity index (χ0) is 11.4. The van der Waals surface area contributed by atoms with Gasteiger partial charge in [0.1, 0.15) is 11.4 Å². The Morgan fingerprint density at radius 1 is 1.31 bits per heavy atom. The van der Waals surface area contributed by atoms with Crippen LogP contribution >= 0.6 is 0 Å². The normalized spacial score (nSPS) is 9.81. The summed E-state index contributed by atoms with van der Waals surface area (Å²) in [6, 6.07) is 8.72. The van der Waals surface area contributed by atoms with E-state index in [1.54, 1.807) is 31.2 Å². The quantitative estimate of drug-likeness (QED) is 0.835. The first-order valence-corrected chi connectivity index (χ1v) is 4.59. The molecule has 0 unspecified atom stereocenters. The van der Waals surface area contributed by atoms with Crippen LogP contribution in [0.3, 0.4) is 0 Å². The summed E-state index contributed by atoms with van der Waals surface area (Å²) in [5.74, 6) is 0.704. The second-order valence-electron chi connectivity index (χ2n) is 3.03. The number of benzene rings is 1. The Morgan fingerprint density at radius 2 is 2.06 bits per heavy atom. The molecule has 0 bridgehead atoms. The van der Waals surface area contributed by atoms with E-state index in [4.69, 9.17) is 4.74 Å². The Balaban J connectivity index is 1.98. The summed E-state index contributed by atoms with van der Waals surface area (Å²) >= 11 is 0. The fourth-order valence-corrected chi connectivity index (χ4v) is 1.06. The minimum atomic E-state index is -0.634. The first-order chi connectivity index (χ1) is 7.75. The smallest absolute Gasteiger partial charge is 0.410 e. The Bertz CT molecular complexity index is 481. The topological polar surface area (TPSA) is 77.3 Å². The summed E-state index contributed by atoms with van der Waals surface area (Å²) < 4.78 is 9.41. The standard InChI is InChI=1S/C10H9N3O3/c1-7-9(13-16-12-7)11-10(14)15-8-5-3-2-4-6-8/h2-6H,1H3,(H,11,13,14). The second kappa shape index (κ2) is 4.43. The zero-order valence-corrected chi connectivity index (χ0v) is 8.51. The van der Waals surface area contributed by atoms with Gasteiger partial charge in [-0.3, -0.25) is 5.32 Å². The van der Waals surface area contributed by atoms with Gasteiger partial charge in [0.2, 0.25) is 5.82 Å². The fourth-order valence-electron chi connectivity index (χ4n) is 1.06. The number of aromatic nitrogens is 2. The molecule has 1 aromatic carbocycles. The van der Waals surface area contributed by atoms with Gasteiger partial charge in [-0.05, 0) is 24.2 Å². The highest BCUT2D eigenvalue weighted by molar-refractivity contribution is 5.85. The summed E-state index contributed by atoms with van der Waals surface area (Å²) in [5.41, 5.74) is 0.491. The highest BCUT2D eigenvalue weighted by atomic mass is 16.6. The molecule has 0 fully saturated rings. The lowest BCUT2D eigenvalue weighted by atomic mass is 10.3. The van der Waals surface area contributed by atoms with Gasteiger partial charge in [-0.25, -0.2) is 9.42 Å². The molecule has 0 saturated carbocycles. The molecule has 2 aromatic rings. The van der Waals surface area contributed by atoms with Crippen molar-refractivity contribution in [1.29, 1.82) is 0 Å². The first kappa shape index (κ1) is 10.2. The highest BCUT2D eigenvalue weighted by Crippen LogP contribution is 2.11. The molecule has 0 radical (unpaired) electrons. The van der Waals surface area contributed by atoms with Gasteiger partial charge >= 0.3 is 6.09 Å². The van der Waals surface area contributed by atoms with Gasteiger partial charge in [-0.2, -0.15) is 0 Å². The van der Waals surface area contributed by atoms with Gasteiger partial charge in [0, 0.05) is 0 Å². The molecule has 1 N–H and O–H groups in total. The molecular weight excluding hydrogens is 210 g/mol. The molecule has 16 heavy (non-hydrogen) atoms. The Labute approximate surface area is 91.2 Å². The van der Waals surface area contributed by atoms with Crippen LogP contribution in [0.4, 0.5) is 10.6 Å². The van der Waals surface area contributed by atoms with Gasteiger partial charge in [-0.15, -0.1) is 0 Å². The molecular formula is C10H9N3O3. The predicted molar refractivity (Wildman–Crippen MR) is 55.1 cm³/mol. The van der Waals surface area contributed by atoms with Crippen LogP contribution in [0.2, 0.25) is 0 Å². The number of para-hydroxylation sites is 1. The third-order valence-corrected chi connectivity index (χ3v) is 1.83. The SMILES string of the molecule is Cc1nonc1NC(=O)Oc1ccccc1. The molecule has 6 nitrogen and oxygen atoms in total. The number of carbonyl (C=O) groups excluding carboxylic acids is 1. The van der Waals surface area contributed by atoms with Crippen molar-refractivity contribution in [3.05, 3.63) is 36.0 Å². The lowest BCUT2D eigenvalue weighted by Crippen LogP contribution is -2.17. The fraction of sp³-hybridized carbons (Fsp3) is 0.100. The number of hydrogen-bond acceptors (Lipinski definition) is 5. The summed E-state index contributed by atoms with van der Waals surface area (Å²) in [5, 5.41) is 9.43. The number of amides is 1. The van der Waals surface area contributed by atoms with E-state index in [1.807, 2.05) is 6.07 Å². The van der Waals surface area contributed by atoms with Gasteiger partial charge in [-0.1, -0.05) is 23.4 Å². The van der Waals surface area contributed by atoms with E-state index in [1.165, 1.54) is 0 Å². The molecule has 0 aliphatic carbocycles. The maximum Gasteiger partial charge on any atom is 0.418 e. The van der Waals surface area contributed by atoms with Crippen LogP contribution in [0.15, 0.2) is 35.0 Å². The number of aryl methyl sites for hydroxylation is 1. The molecule has 6 heteroatoms. The summed E-state index contributed by atoms with van der Waals surface area (Å²) in [6.07, 6.45) is -0.634. The molecule has 1 amide bonds. The van der Waals surface area contributed by atoms with E-state index in [9.17, 15) is 4.79 Å². The largest absolute Gasteiger partial charge is 0.418 e. The van der Waals surface area contributed by atoms with Gasteiger partial charge in [0.05, 0.1) is 0 Å². The molecule has 0 aliphatic heterocycles. The van der Waals surface area contributed by atoms with E-state index in [2.05, 4.69) is 20.3 Å². The van der Waals surface area contributed by atoms with Crippen molar-refractivity contribution >= 4 is 11.9 Å². The van der Waals surface area contributed by atoms with Crippen LogP contribution in [0.5, 0.6) is 5.75 Å². The lowest BCUT2D eigenvalue weighted by molar-refractivity contribution is 0.215. The van der Waals surface area contributed by atoms with Crippen molar-refractivity contribution < 1.29 is 14.2 Å². The first-order valence-electron chi connectivity index (χ1n) is 4.59. The zero-order valence-electron chi connectivity index (χ0n) is 8.51. The third-order valence-electron chi connectivity index (χ3n) is 1.83. The summed E-state index contributed by atoms with van der Waals surface area (Å²) in [7, 11) is 0. The minimum Gasteiger partial charge on any atom is -0.410 e. The van der Waals surface area contributed by atoms with E-state index in [-0.39, 0.29) is 5.82 Å². The summed E-state index contributed by atoms with van der Waals surface area (Å²) in [6.45, 7) is 1.66. The van der Waals surface area contributed by atoms with Crippen molar-refractivity contribution in [1.82, 2.24) is 10.3 Å². The van der Waals surface area contributed by atoms with Crippen LogP contribution in [0.25, 0.3) is 0 Å². The number of ether oxygens (including phenoxy) is 1. The van der Waals surface area contributed by atoms with Crippen molar-refractivity contribution in [2.45, 2.75) is 6.92 Å². The van der Waals surface area contributed by atoms with Gasteiger partial charge in [0.25, 0.3) is 0 Å². The van der Waals surface area contributed by atoms with Crippen molar-refractivity contribution in [3.8, 4) is 5.75 Å². The van der Waals surface area contributed by atoms with Crippen LogP contribution in [0, 0.1) is 6.92 Å². The average Bonchev–Trinajstić information content (AvgIpc) is 2.66. The van der Waals surface area contributed by atoms with Crippen LogP contribution in [-0.4, -0.2) is 16.4 Å². The highest BCUT2D eigenvalue weighted by Gasteiger charge is 2.10. The molecule has 82 valence electrons. The number of rotatable bonds is 2. The lowest BCUT2D eigenvalue weighted by Gasteiger charge is -2.03. The molecule has 0 aliphatic rings. The van der Waals surface area contributed by atoms with Crippen molar-refractivity contribution in [3.63, 3.8) is 0 Å². The third kappa shape index (κ3) is 2.35. The van der Waals surface area contributed by atoms with Crippen LogP contribution in [0.1, 0.15) is 5.69 Å². The van der Waals surface area contributed by atoms with Crippen molar-refractivity contribution in [2.75, 3.05) is 5.32 Å². The molecule has 0 saturated heterocycles. The van der Waals surface area contributed by atoms with Crippen LogP contribution in [-0.2, 0) is 0 Å². The van der Waals surface area contributed by atoms with E-state index < -0.39 is 6.09 Å². The second-order valence-corrected chi connectivity index (χ2v) is 3.03. The number of nitrogens with one attached hydrogen (secondary N) is 1. The maximum atomic E-state index is 11.4. The maximum absolute atomic E-state index is 11.4. The van der Waals surface area contributed by atoms with E-state index in [0.717, 1.165) is 0 Å². The predicted octanol–water partition coefficient (Wildman–Crippen LogP) is 1.99. The molecule has 0 spiro atoms. The molecule has 2 rings (SSSR count). The minimum absolute atomic E-state index is 0.251. The Hall–Kier alpha value is -2.37. The van der Waals surface area contributed by atoms with Crippen LogP contribution < -0.4 is 10.1 Å². The van der Waals surface area contributed by atoms with Crippen molar-refractivity contribution in [2.24, 2.45) is 0 Å². The van der Waals surface area contributed by atoms with Gasteiger partial charge < -0.3 is 4.74 Å². The van der Waals surface area contributed by atoms with E-state index >= 15 is 0 Å². The van der Waals surface area contributed by atoms with Gasteiger partial charge in [0.15, 0.2) is 0 Å². The number of anilines is 1.